The van der Waals surface area contributed by atoms with Crippen molar-refractivity contribution in [2.45, 2.75) is 13.1 Å². The molecule has 30 heavy (non-hydrogen) atoms. The second-order valence-corrected chi connectivity index (χ2v) is 6.16. The number of hydrogen-bond acceptors (Lipinski definition) is 6. The minimum absolute atomic E-state index is 0.0351. The molecule has 0 saturated carbocycles. The number of fused-ring (bicyclic) bond motifs is 1. The number of carbonyl (C=O) groups excluding carboxylic acids is 2. The molecule has 1 N–H and O–H groups in total. The van der Waals surface area contributed by atoms with Gasteiger partial charge in [-0.1, -0.05) is 18.2 Å². The van der Waals surface area contributed by atoms with Crippen LogP contribution in [0, 0.1) is 0 Å². The van der Waals surface area contributed by atoms with Crippen molar-refractivity contribution < 1.29 is 32.2 Å². The van der Waals surface area contributed by atoms with Crippen LogP contribution in [-0.2, 0) is 15.7 Å². The number of esters is 2. The minimum atomic E-state index is -4.62. The lowest BCUT2D eigenvalue weighted by atomic mass is 10.0. The predicted octanol–water partition coefficient (Wildman–Crippen LogP) is 4.96. The third-order valence-corrected chi connectivity index (χ3v) is 4.25. The van der Waals surface area contributed by atoms with E-state index >= 15 is 0 Å². The zero-order valence-corrected chi connectivity index (χ0v) is 16.0. The summed E-state index contributed by atoms with van der Waals surface area (Å²) < 4.78 is 50.0. The van der Waals surface area contributed by atoms with Crippen molar-refractivity contribution in [1.29, 1.82) is 0 Å². The van der Waals surface area contributed by atoms with Crippen molar-refractivity contribution >= 4 is 34.2 Å². The van der Waals surface area contributed by atoms with Gasteiger partial charge < -0.3 is 14.8 Å². The van der Waals surface area contributed by atoms with E-state index in [0.29, 0.717) is 5.69 Å². The summed E-state index contributed by atoms with van der Waals surface area (Å²) in [6, 6.07) is 9.73. The molecule has 0 fully saturated rings. The molecule has 0 aliphatic heterocycles. The molecule has 3 aromatic rings. The minimum Gasteiger partial charge on any atom is -0.465 e. The normalized spacial score (nSPS) is 11.2. The van der Waals surface area contributed by atoms with Gasteiger partial charge in [0.25, 0.3) is 0 Å². The highest BCUT2D eigenvalue weighted by Crippen LogP contribution is 2.38. The first-order valence-corrected chi connectivity index (χ1v) is 8.87. The molecule has 1 heterocycles. The quantitative estimate of drug-likeness (QED) is 0.590. The Morgan fingerprint density at radius 2 is 1.83 bits per heavy atom. The van der Waals surface area contributed by atoms with Crippen LogP contribution in [0.2, 0.25) is 0 Å². The number of halogens is 3. The highest BCUT2D eigenvalue weighted by Gasteiger charge is 2.34. The van der Waals surface area contributed by atoms with Crippen molar-refractivity contribution in [2.75, 3.05) is 19.0 Å². The maximum atomic E-state index is 13.4. The summed E-state index contributed by atoms with van der Waals surface area (Å²) in [6.07, 6.45) is -3.58. The maximum Gasteiger partial charge on any atom is 0.418 e. The number of carbonyl (C=O) groups is 2. The molecule has 0 saturated heterocycles. The number of methoxy groups -OCH3 is 1. The molecule has 0 radical (unpaired) electrons. The number of anilines is 2. The van der Waals surface area contributed by atoms with Gasteiger partial charge in [0.1, 0.15) is 5.56 Å². The van der Waals surface area contributed by atoms with Crippen LogP contribution in [0.4, 0.5) is 24.5 Å². The van der Waals surface area contributed by atoms with Gasteiger partial charge in [0.2, 0.25) is 0 Å². The van der Waals surface area contributed by atoms with E-state index in [1.807, 2.05) is 0 Å². The lowest BCUT2D eigenvalue weighted by molar-refractivity contribution is -0.136. The second-order valence-electron chi connectivity index (χ2n) is 6.16. The standard InChI is InChI=1S/C21H17F3N2O4/c1-3-30-20(28)15-11-25-18-14(8-5-9-16(18)21(22,23)24)17(15)26-13-7-4-6-12(10-13)19(27)29-2/h4-11H,3H2,1-2H3,(H,25,26). The third-order valence-electron chi connectivity index (χ3n) is 4.25. The summed E-state index contributed by atoms with van der Waals surface area (Å²) >= 11 is 0. The fourth-order valence-corrected chi connectivity index (χ4v) is 2.94. The lowest BCUT2D eigenvalue weighted by Crippen LogP contribution is -2.12. The number of rotatable bonds is 5. The number of ether oxygens (including phenoxy) is 2. The maximum absolute atomic E-state index is 13.4. The Kier molecular flexibility index (Phi) is 5.91. The van der Waals surface area contributed by atoms with Gasteiger partial charge >= 0.3 is 18.1 Å². The zero-order chi connectivity index (χ0) is 21.9. The lowest BCUT2D eigenvalue weighted by Gasteiger charge is -2.17. The third kappa shape index (κ3) is 4.19. The van der Waals surface area contributed by atoms with Crippen molar-refractivity contribution in [3.8, 4) is 0 Å². The van der Waals surface area contributed by atoms with Crippen LogP contribution in [0.1, 0.15) is 33.2 Å². The van der Waals surface area contributed by atoms with Crippen LogP contribution in [-0.4, -0.2) is 30.6 Å². The van der Waals surface area contributed by atoms with Crippen molar-refractivity contribution in [1.82, 2.24) is 4.98 Å². The largest absolute Gasteiger partial charge is 0.465 e. The Hall–Kier alpha value is -3.62. The molecule has 6 nitrogen and oxygen atoms in total. The van der Waals surface area contributed by atoms with Gasteiger partial charge in [-0.25, -0.2) is 9.59 Å². The summed E-state index contributed by atoms with van der Waals surface area (Å²) in [5, 5.41) is 3.02. The number of alkyl halides is 3. The number of aromatic nitrogens is 1. The van der Waals surface area contributed by atoms with Gasteiger partial charge in [0, 0.05) is 17.3 Å². The van der Waals surface area contributed by atoms with Gasteiger partial charge in [0.15, 0.2) is 0 Å². The second kappa shape index (κ2) is 8.40. The molecule has 0 bridgehead atoms. The highest BCUT2D eigenvalue weighted by atomic mass is 19.4. The Morgan fingerprint density at radius 1 is 1.10 bits per heavy atom. The van der Waals surface area contributed by atoms with Gasteiger partial charge in [0.05, 0.1) is 36.0 Å². The van der Waals surface area contributed by atoms with Crippen LogP contribution in [0.3, 0.4) is 0 Å². The zero-order valence-electron chi connectivity index (χ0n) is 16.0. The molecule has 0 aliphatic carbocycles. The van der Waals surface area contributed by atoms with E-state index in [2.05, 4.69) is 15.0 Å². The van der Waals surface area contributed by atoms with Crippen molar-refractivity contribution in [2.24, 2.45) is 0 Å². The molecule has 1 aromatic heterocycles. The molecule has 0 aliphatic rings. The number of nitrogens with zero attached hydrogens (tertiary/aromatic N) is 1. The Labute approximate surface area is 169 Å². The van der Waals surface area contributed by atoms with Crippen LogP contribution < -0.4 is 5.32 Å². The number of nitrogens with one attached hydrogen (secondary N) is 1. The number of pyridine rings is 1. The van der Waals surface area contributed by atoms with Crippen LogP contribution in [0.25, 0.3) is 10.9 Å². The molecule has 0 unspecified atom stereocenters. The molecule has 0 spiro atoms. The summed E-state index contributed by atoms with van der Waals surface area (Å²) in [5.74, 6) is -1.32. The first-order valence-electron chi connectivity index (χ1n) is 8.87. The van der Waals surface area contributed by atoms with Crippen molar-refractivity contribution in [3.05, 3.63) is 65.4 Å². The van der Waals surface area contributed by atoms with Gasteiger partial charge in [-0.15, -0.1) is 0 Å². The van der Waals surface area contributed by atoms with Gasteiger partial charge in [-0.2, -0.15) is 13.2 Å². The molecular formula is C21H17F3N2O4. The molecule has 3 rings (SSSR count). The topological polar surface area (TPSA) is 77.5 Å². The Balaban J connectivity index is 2.20. The highest BCUT2D eigenvalue weighted by molar-refractivity contribution is 6.07. The van der Waals surface area contributed by atoms with Gasteiger partial charge in [-0.3, -0.25) is 4.98 Å². The molecule has 2 aromatic carbocycles. The molecular weight excluding hydrogens is 401 g/mol. The van der Waals surface area contributed by atoms with Crippen LogP contribution in [0.5, 0.6) is 0 Å². The summed E-state index contributed by atoms with van der Waals surface area (Å²) in [6.45, 7) is 1.69. The monoisotopic (exact) mass is 418 g/mol. The van der Waals surface area contributed by atoms with E-state index in [0.717, 1.165) is 12.3 Å². The first kappa shape index (κ1) is 21.1. The SMILES string of the molecule is CCOC(=O)c1cnc2c(C(F)(F)F)cccc2c1Nc1cccc(C(=O)OC)c1. The smallest absolute Gasteiger partial charge is 0.418 e. The molecule has 0 atom stereocenters. The van der Waals surface area contributed by atoms with Crippen LogP contribution >= 0.6 is 0 Å². The summed E-state index contributed by atoms with van der Waals surface area (Å²) in [5.41, 5.74) is -0.590. The van der Waals surface area contributed by atoms with E-state index < -0.39 is 23.7 Å². The van der Waals surface area contributed by atoms with E-state index in [9.17, 15) is 22.8 Å². The fourth-order valence-electron chi connectivity index (χ4n) is 2.94. The Morgan fingerprint density at radius 3 is 2.50 bits per heavy atom. The number of benzene rings is 2. The average Bonchev–Trinajstić information content (AvgIpc) is 2.72. The molecule has 156 valence electrons. The molecule has 0 amide bonds. The van der Waals surface area contributed by atoms with Crippen molar-refractivity contribution in [3.63, 3.8) is 0 Å². The predicted molar refractivity (Wildman–Crippen MR) is 104 cm³/mol. The first-order chi connectivity index (χ1) is 14.3. The fraction of sp³-hybridized carbons (Fsp3) is 0.190. The Bertz CT molecular complexity index is 1110. The molecule has 9 heteroatoms. The van der Waals surface area contributed by atoms with E-state index in [-0.39, 0.29) is 34.3 Å². The number of para-hydroxylation sites is 1. The summed E-state index contributed by atoms with van der Waals surface area (Å²) in [7, 11) is 1.23. The van der Waals surface area contributed by atoms with Crippen LogP contribution in [0.15, 0.2) is 48.7 Å². The van der Waals surface area contributed by atoms with E-state index in [4.69, 9.17) is 4.74 Å². The number of hydrogen-bond donors (Lipinski definition) is 1. The summed E-state index contributed by atoms with van der Waals surface area (Å²) in [4.78, 5) is 28.1. The average molecular weight is 418 g/mol. The van der Waals surface area contributed by atoms with E-state index in [1.54, 1.807) is 19.1 Å². The van der Waals surface area contributed by atoms with Gasteiger partial charge in [-0.05, 0) is 31.2 Å². The van der Waals surface area contributed by atoms with E-state index in [1.165, 1.54) is 31.4 Å².